The predicted octanol–water partition coefficient (Wildman–Crippen LogP) is -2.16. The molecule has 39 heavy (non-hydrogen) atoms. The number of aromatic hydroxyl groups is 1. The van der Waals surface area contributed by atoms with Crippen LogP contribution in [0.4, 0.5) is 0 Å². The number of H-pyrrole nitrogens is 1. The SMILES string of the molecule is CC(NC(=O)C(N)Cc1cnc[nH]1)C(=O)NC(Cc1ccc(O)cc1)C(=O)NC(CCCN=C(N)N)C(=O)O. The van der Waals surface area contributed by atoms with Crippen molar-refractivity contribution in [3.63, 3.8) is 0 Å². The number of aliphatic imine (C=N–C) groups is 1. The second kappa shape index (κ2) is 14.9. The van der Waals surface area contributed by atoms with E-state index >= 15 is 0 Å². The molecule has 0 bridgehead atoms. The number of phenols is 1. The fourth-order valence-corrected chi connectivity index (χ4v) is 3.52. The van der Waals surface area contributed by atoms with E-state index < -0.39 is 47.9 Å². The van der Waals surface area contributed by atoms with Crippen molar-refractivity contribution in [2.45, 2.75) is 56.8 Å². The molecule has 15 heteroatoms. The number of hydrogen-bond donors (Lipinski definition) is 9. The number of guanidine groups is 1. The first-order valence-corrected chi connectivity index (χ1v) is 12.2. The second-order valence-corrected chi connectivity index (χ2v) is 8.90. The summed E-state index contributed by atoms with van der Waals surface area (Å²) in [7, 11) is 0. The van der Waals surface area contributed by atoms with Crippen LogP contribution in [0.1, 0.15) is 31.0 Å². The number of carboxylic acid groups (broad SMARTS) is 1. The Kier molecular flexibility index (Phi) is 11.7. The van der Waals surface area contributed by atoms with E-state index in [-0.39, 0.29) is 43.9 Å². The van der Waals surface area contributed by atoms with Gasteiger partial charge in [-0.05, 0) is 37.5 Å². The Morgan fingerprint density at radius 3 is 2.26 bits per heavy atom. The first-order chi connectivity index (χ1) is 18.5. The lowest BCUT2D eigenvalue weighted by Gasteiger charge is -2.24. The summed E-state index contributed by atoms with van der Waals surface area (Å²) in [6.07, 6.45) is 3.46. The highest BCUT2D eigenvalue weighted by Gasteiger charge is 2.29. The predicted molar refractivity (Wildman–Crippen MR) is 141 cm³/mol. The maximum Gasteiger partial charge on any atom is 0.326 e. The number of phenolic OH excluding ortho intramolecular Hbond substituents is 1. The van der Waals surface area contributed by atoms with E-state index in [9.17, 15) is 29.4 Å². The molecule has 0 spiro atoms. The minimum Gasteiger partial charge on any atom is -0.508 e. The molecular formula is C24H35N9O6. The van der Waals surface area contributed by atoms with Crippen molar-refractivity contribution in [1.82, 2.24) is 25.9 Å². The molecule has 212 valence electrons. The van der Waals surface area contributed by atoms with Crippen molar-refractivity contribution in [3.8, 4) is 5.75 Å². The van der Waals surface area contributed by atoms with Crippen LogP contribution >= 0.6 is 0 Å². The number of aliphatic carboxylic acids is 1. The molecule has 0 saturated carbocycles. The van der Waals surface area contributed by atoms with Gasteiger partial charge in [0.2, 0.25) is 17.7 Å². The van der Waals surface area contributed by atoms with Crippen LogP contribution in [0.15, 0.2) is 41.8 Å². The van der Waals surface area contributed by atoms with Gasteiger partial charge in [0.25, 0.3) is 0 Å². The van der Waals surface area contributed by atoms with Gasteiger partial charge in [0.05, 0.1) is 12.4 Å². The fraction of sp³-hybridized carbons (Fsp3) is 0.417. The summed E-state index contributed by atoms with van der Waals surface area (Å²) in [5.74, 6) is -3.41. The highest BCUT2D eigenvalue weighted by Crippen LogP contribution is 2.12. The Labute approximate surface area is 224 Å². The minimum atomic E-state index is -1.27. The van der Waals surface area contributed by atoms with E-state index in [1.807, 2.05) is 0 Å². The lowest BCUT2D eigenvalue weighted by molar-refractivity contribution is -0.142. The smallest absolute Gasteiger partial charge is 0.326 e. The molecule has 4 atom stereocenters. The standard InChI is InChI=1S/C24H35N9O6/c1-13(31-21(36)17(25)10-15-11-28-12-30-15)20(35)33-19(9-14-4-6-16(34)7-5-14)22(37)32-18(23(38)39)3-2-8-29-24(26)27/h4-7,11-13,17-19,34H,2-3,8-10,25H2,1H3,(H,28,30)(H,31,36)(H,32,37)(H,33,35)(H,38,39)(H4,26,27,29). The van der Waals surface area contributed by atoms with Crippen LogP contribution in [-0.2, 0) is 32.0 Å². The molecule has 1 aromatic carbocycles. The van der Waals surface area contributed by atoms with Gasteiger partial charge in [-0.25, -0.2) is 9.78 Å². The number of hydrogen-bond acceptors (Lipinski definition) is 8. The number of nitrogens with two attached hydrogens (primary N) is 3. The van der Waals surface area contributed by atoms with E-state index in [2.05, 4.69) is 30.9 Å². The van der Waals surface area contributed by atoms with E-state index in [0.29, 0.717) is 11.3 Å². The zero-order valence-electron chi connectivity index (χ0n) is 21.5. The van der Waals surface area contributed by atoms with Crippen LogP contribution in [0, 0.1) is 0 Å². The number of nitrogens with zero attached hydrogens (tertiary/aromatic N) is 2. The number of aromatic nitrogens is 2. The Morgan fingerprint density at radius 2 is 1.67 bits per heavy atom. The summed E-state index contributed by atoms with van der Waals surface area (Å²) in [6.45, 7) is 1.60. The number of benzene rings is 1. The lowest BCUT2D eigenvalue weighted by atomic mass is 10.0. The summed E-state index contributed by atoms with van der Waals surface area (Å²) in [5, 5.41) is 26.6. The maximum absolute atomic E-state index is 13.1. The molecular weight excluding hydrogens is 510 g/mol. The van der Waals surface area contributed by atoms with E-state index in [4.69, 9.17) is 17.2 Å². The van der Waals surface area contributed by atoms with Crippen molar-refractivity contribution in [3.05, 3.63) is 48.0 Å². The lowest BCUT2D eigenvalue weighted by Crippen LogP contribution is -2.57. The molecule has 15 nitrogen and oxygen atoms in total. The highest BCUT2D eigenvalue weighted by atomic mass is 16.4. The number of carbonyl (C=O) groups is 4. The molecule has 2 aromatic rings. The Morgan fingerprint density at radius 1 is 1.00 bits per heavy atom. The number of nitrogens with one attached hydrogen (secondary N) is 4. The van der Waals surface area contributed by atoms with Crippen LogP contribution in [0.3, 0.4) is 0 Å². The average molecular weight is 546 g/mol. The Bertz CT molecular complexity index is 1130. The molecule has 1 aromatic heterocycles. The van der Waals surface area contributed by atoms with Crippen molar-refractivity contribution >= 4 is 29.7 Å². The molecule has 0 aliphatic carbocycles. The molecule has 0 radical (unpaired) electrons. The molecule has 0 fully saturated rings. The number of carboxylic acids is 1. The van der Waals surface area contributed by atoms with Gasteiger partial charge in [0, 0.05) is 31.3 Å². The largest absolute Gasteiger partial charge is 0.508 e. The van der Waals surface area contributed by atoms with Gasteiger partial charge in [-0.1, -0.05) is 12.1 Å². The second-order valence-electron chi connectivity index (χ2n) is 8.90. The number of amides is 3. The van der Waals surface area contributed by atoms with Gasteiger partial charge in [0.1, 0.15) is 23.9 Å². The number of aromatic amines is 1. The van der Waals surface area contributed by atoms with Gasteiger partial charge in [-0.15, -0.1) is 0 Å². The fourth-order valence-electron chi connectivity index (χ4n) is 3.52. The first kappa shape index (κ1) is 30.6. The zero-order chi connectivity index (χ0) is 28.9. The number of imidazole rings is 1. The van der Waals surface area contributed by atoms with Crippen LogP contribution in [0.2, 0.25) is 0 Å². The van der Waals surface area contributed by atoms with Crippen LogP contribution in [0.5, 0.6) is 5.75 Å². The van der Waals surface area contributed by atoms with Gasteiger partial charge in [-0.3, -0.25) is 19.4 Å². The molecule has 3 amide bonds. The Hall–Kier alpha value is -4.66. The molecule has 4 unspecified atom stereocenters. The number of carbonyl (C=O) groups excluding carboxylic acids is 3. The quantitative estimate of drug-likeness (QED) is 0.0664. The first-order valence-electron chi connectivity index (χ1n) is 12.2. The molecule has 12 N–H and O–H groups in total. The van der Waals surface area contributed by atoms with Crippen LogP contribution < -0.4 is 33.2 Å². The topological polar surface area (TPSA) is 264 Å². The van der Waals surface area contributed by atoms with Gasteiger partial charge >= 0.3 is 5.97 Å². The van der Waals surface area contributed by atoms with Crippen molar-refractivity contribution in [2.75, 3.05) is 6.54 Å². The van der Waals surface area contributed by atoms with Crippen molar-refractivity contribution in [1.29, 1.82) is 0 Å². The van der Waals surface area contributed by atoms with Gasteiger partial charge < -0.3 is 48.3 Å². The normalized spacial score (nSPS) is 13.8. The number of rotatable bonds is 15. The molecule has 2 rings (SSSR count). The summed E-state index contributed by atoms with van der Waals surface area (Å²) in [4.78, 5) is 60.7. The van der Waals surface area contributed by atoms with E-state index in [1.54, 1.807) is 12.1 Å². The van der Waals surface area contributed by atoms with Crippen LogP contribution in [0.25, 0.3) is 0 Å². The third-order valence-electron chi connectivity index (χ3n) is 5.65. The van der Waals surface area contributed by atoms with Gasteiger partial charge in [-0.2, -0.15) is 0 Å². The third kappa shape index (κ3) is 10.7. The van der Waals surface area contributed by atoms with Crippen LogP contribution in [-0.4, -0.2) is 80.5 Å². The highest BCUT2D eigenvalue weighted by molar-refractivity contribution is 5.94. The summed E-state index contributed by atoms with van der Waals surface area (Å²) < 4.78 is 0. The summed E-state index contributed by atoms with van der Waals surface area (Å²) in [5.41, 5.74) is 17.7. The van der Waals surface area contributed by atoms with Crippen molar-refractivity contribution in [2.24, 2.45) is 22.2 Å². The Balaban J connectivity index is 2.08. The molecule has 1 heterocycles. The maximum atomic E-state index is 13.1. The molecule has 0 aliphatic rings. The summed E-state index contributed by atoms with van der Waals surface area (Å²) >= 11 is 0. The van der Waals surface area contributed by atoms with Crippen molar-refractivity contribution < 1.29 is 29.4 Å². The average Bonchev–Trinajstić information content (AvgIpc) is 3.39. The monoisotopic (exact) mass is 545 g/mol. The van der Waals surface area contributed by atoms with E-state index in [1.165, 1.54) is 31.6 Å². The minimum absolute atomic E-state index is 0.0123. The molecule has 0 aliphatic heterocycles. The molecule has 0 saturated heterocycles. The summed E-state index contributed by atoms with van der Waals surface area (Å²) in [6, 6.07) is 1.49. The van der Waals surface area contributed by atoms with Gasteiger partial charge in [0.15, 0.2) is 5.96 Å². The zero-order valence-corrected chi connectivity index (χ0v) is 21.5. The van der Waals surface area contributed by atoms with E-state index in [0.717, 1.165) is 0 Å². The third-order valence-corrected chi connectivity index (χ3v) is 5.65.